The molecule has 0 saturated carbocycles. The zero-order valence-corrected chi connectivity index (χ0v) is 11.5. The standard InChI is InChI=1S/C15H18FN3O/c1-2-19(14-7-17-8-14)9-13-10-20-15(18-13)11-3-5-12(16)6-4-11/h3-6,10,14,17H,2,7-9H2,1H3. The quantitative estimate of drug-likeness (QED) is 0.909. The van der Waals surface area contributed by atoms with Crippen molar-refractivity contribution in [1.29, 1.82) is 0 Å². The number of likely N-dealkylation sites (N-methyl/N-ethyl adjacent to an activating group) is 1. The Morgan fingerprint density at radius 2 is 2.10 bits per heavy atom. The topological polar surface area (TPSA) is 41.3 Å². The minimum absolute atomic E-state index is 0.254. The molecule has 2 aromatic rings. The summed E-state index contributed by atoms with van der Waals surface area (Å²) in [7, 11) is 0. The number of oxazole rings is 1. The van der Waals surface area contributed by atoms with E-state index in [-0.39, 0.29) is 5.82 Å². The average Bonchev–Trinajstić information content (AvgIpc) is 2.85. The van der Waals surface area contributed by atoms with Gasteiger partial charge in [0.1, 0.15) is 12.1 Å². The van der Waals surface area contributed by atoms with Crippen molar-refractivity contribution in [2.24, 2.45) is 0 Å². The molecule has 2 heterocycles. The summed E-state index contributed by atoms with van der Waals surface area (Å²) in [5.74, 6) is 0.290. The van der Waals surface area contributed by atoms with Gasteiger partial charge < -0.3 is 9.73 Å². The van der Waals surface area contributed by atoms with Gasteiger partial charge >= 0.3 is 0 Å². The van der Waals surface area contributed by atoms with E-state index < -0.39 is 0 Å². The summed E-state index contributed by atoms with van der Waals surface area (Å²) in [5, 5.41) is 3.28. The molecule has 1 N–H and O–H groups in total. The van der Waals surface area contributed by atoms with Gasteiger partial charge in [-0.25, -0.2) is 9.37 Å². The molecule has 1 fully saturated rings. The fourth-order valence-electron chi connectivity index (χ4n) is 2.34. The largest absolute Gasteiger partial charge is 0.444 e. The van der Waals surface area contributed by atoms with E-state index in [0.29, 0.717) is 11.9 Å². The lowest BCUT2D eigenvalue weighted by Gasteiger charge is -2.37. The third kappa shape index (κ3) is 2.73. The molecular formula is C15H18FN3O. The highest BCUT2D eigenvalue weighted by Crippen LogP contribution is 2.20. The summed E-state index contributed by atoms with van der Waals surface area (Å²) >= 11 is 0. The SMILES string of the molecule is CCN(Cc1coc(-c2ccc(F)cc2)n1)C1CNC1. The maximum atomic E-state index is 12.9. The summed E-state index contributed by atoms with van der Waals surface area (Å²) in [5.41, 5.74) is 1.71. The highest BCUT2D eigenvalue weighted by molar-refractivity contribution is 5.52. The lowest BCUT2D eigenvalue weighted by atomic mass is 10.1. The zero-order valence-electron chi connectivity index (χ0n) is 11.5. The second-order valence-electron chi connectivity index (χ2n) is 5.03. The Morgan fingerprint density at radius 1 is 1.35 bits per heavy atom. The molecular weight excluding hydrogens is 257 g/mol. The van der Waals surface area contributed by atoms with E-state index in [2.05, 4.69) is 22.1 Å². The second kappa shape index (κ2) is 5.73. The molecule has 4 nitrogen and oxygen atoms in total. The van der Waals surface area contributed by atoms with Crippen LogP contribution in [0.25, 0.3) is 11.5 Å². The van der Waals surface area contributed by atoms with Crippen LogP contribution in [-0.4, -0.2) is 35.6 Å². The van der Waals surface area contributed by atoms with Crippen molar-refractivity contribution < 1.29 is 8.81 Å². The molecule has 1 aliphatic rings. The van der Waals surface area contributed by atoms with Crippen LogP contribution in [0.3, 0.4) is 0 Å². The Morgan fingerprint density at radius 3 is 2.70 bits per heavy atom. The second-order valence-corrected chi connectivity index (χ2v) is 5.03. The number of benzene rings is 1. The third-order valence-corrected chi connectivity index (χ3v) is 3.69. The minimum Gasteiger partial charge on any atom is -0.444 e. The monoisotopic (exact) mass is 275 g/mol. The van der Waals surface area contributed by atoms with E-state index in [1.165, 1.54) is 12.1 Å². The Labute approximate surface area is 117 Å². The number of rotatable bonds is 5. The van der Waals surface area contributed by atoms with Gasteiger partial charge in [0.15, 0.2) is 0 Å². The van der Waals surface area contributed by atoms with Crippen LogP contribution in [0.4, 0.5) is 4.39 Å². The molecule has 5 heteroatoms. The fraction of sp³-hybridized carbons (Fsp3) is 0.400. The predicted octanol–water partition coefficient (Wildman–Crippen LogP) is 2.27. The van der Waals surface area contributed by atoms with Crippen molar-refractivity contribution in [3.63, 3.8) is 0 Å². The van der Waals surface area contributed by atoms with Crippen molar-refractivity contribution in [1.82, 2.24) is 15.2 Å². The van der Waals surface area contributed by atoms with Crippen LogP contribution in [0.5, 0.6) is 0 Å². The molecule has 0 aliphatic carbocycles. The minimum atomic E-state index is -0.254. The number of aromatic nitrogens is 1. The van der Waals surface area contributed by atoms with Gasteiger partial charge in [0.2, 0.25) is 5.89 Å². The Hall–Kier alpha value is -1.72. The lowest BCUT2D eigenvalue weighted by molar-refractivity contribution is 0.143. The molecule has 106 valence electrons. The van der Waals surface area contributed by atoms with Crippen molar-refractivity contribution in [2.45, 2.75) is 19.5 Å². The fourth-order valence-corrected chi connectivity index (χ4v) is 2.34. The third-order valence-electron chi connectivity index (χ3n) is 3.69. The molecule has 1 saturated heterocycles. The smallest absolute Gasteiger partial charge is 0.226 e. The molecule has 1 aromatic heterocycles. The first-order valence-corrected chi connectivity index (χ1v) is 6.91. The number of halogens is 1. The number of nitrogens with one attached hydrogen (secondary N) is 1. The van der Waals surface area contributed by atoms with E-state index in [1.54, 1.807) is 18.4 Å². The normalized spacial score (nSPS) is 15.6. The Balaban J connectivity index is 1.71. The molecule has 20 heavy (non-hydrogen) atoms. The molecule has 0 spiro atoms. The van der Waals surface area contributed by atoms with Crippen molar-refractivity contribution in [3.05, 3.63) is 42.0 Å². The van der Waals surface area contributed by atoms with Crippen LogP contribution in [0.1, 0.15) is 12.6 Å². The summed E-state index contributed by atoms with van der Waals surface area (Å²) in [6.45, 7) is 6.00. The molecule has 0 atom stereocenters. The van der Waals surface area contributed by atoms with Gasteiger partial charge in [0.25, 0.3) is 0 Å². The van der Waals surface area contributed by atoms with Gasteiger partial charge in [0, 0.05) is 31.2 Å². The maximum Gasteiger partial charge on any atom is 0.226 e. The molecule has 0 bridgehead atoms. The average molecular weight is 275 g/mol. The van der Waals surface area contributed by atoms with E-state index in [0.717, 1.165) is 37.4 Å². The van der Waals surface area contributed by atoms with Crippen molar-refractivity contribution in [3.8, 4) is 11.5 Å². The highest BCUT2D eigenvalue weighted by Gasteiger charge is 2.24. The molecule has 1 aromatic carbocycles. The molecule has 0 unspecified atom stereocenters. The molecule has 0 amide bonds. The Kier molecular flexibility index (Phi) is 3.80. The maximum absolute atomic E-state index is 12.9. The van der Waals surface area contributed by atoms with Gasteiger partial charge in [-0.3, -0.25) is 4.90 Å². The van der Waals surface area contributed by atoms with Crippen LogP contribution < -0.4 is 5.32 Å². The summed E-state index contributed by atoms with van der Waals surface area (Å²) in [6, 6.07) is 6.78. The predicted molar refractivity (Wildman–Crippen MR) is 74.6 cm³/mol. The number of nitrogens with zero attached hydrogens (tertiary/aromatic N) is 2. The van der Waals surface area contributed by atoms with E-state index in [1.807, 2.05) is 0 Å². The number of hydrogen-bond donors (Lipinski definition) is 1. The van der Waals surface area contributed by atoms with E-state index >= 15 is 0 Å². The van der Waals surface area contributed by atoms with Crippen LogP contribution in [0.15, 0.2) is 34.9 Å². The first-order valence-electron chi connectivity index (χ1n) is 6.91. The number of hydrogen-bond acceptors (Lipinski definition) is 4. The van der Waals surface area contributed by atoms with Gasteiger partial charge in [-0.2, -0.15) is 0 Å². The molecule has 0 radical (unpaired) electrons. The molecule has 3 rings (SSSR count). The molecule has 1 aliphatic heterocycles. The van der Waals surface area contributed by atoms with Gasteiger partial charge in [0.05, 0.1) is 5.69 Å². The van der Waals surface area contributed by atoms with Crippen LogP contribution in [0.2, 0.25) is 0 Å². The summed E-state index contributed by atoms with van der Waals surface area (Å²) < 4.78 is 18.4. The van der Waals surface area contributed by atoms with E-state index in [9.17, 15) is 4.39 Å². The highest BCUT2D eigenvalue weighted by atomic mass is 19.1. The first-order chi connectivity index (χ1) is 9.76. The summed E-state index contributed by atoms with van der Waals surface area (Å²) in [6.07, 6.45) is 1.69. The van der Waals surface area contributed by atoms with Gasteiger partial charge in [-0.15, -0.1) is 0 Å². The van der Waals surface area contributed by atoms with Gasteiger partial charge in [-0.05, 0) is 30.8 Å². The van der Waals surface area contributed by atoms with Crippen LogP contribution in [-0.2, 0) is 6.54 Å². The van der Waals surface area contributed by atoms with Crippen molar-refractivity contribution in [2.75, 3.05) is 19.6 Å². The lowest BCUT2D eigenvalue weighted by Crippen LogP contribution is -2.56. The van der Waals surface area contributed by atoms with E-state index in [4.69, 9.17) is 4.42 Å². The van der Waals surface area contributed by atoms with Crippen LogP contribution in [0, 0.1) is 5.82 Å². The van der Waals surface area contributed by atoms with Crippen LogP contribution >= 0.6 is 0 Å². The first kappa shape index (κ1) is 13.3. The van der Waals surface area contributed by atoms with Gasteiger partial charge in [-0.1, -0.05) is 6.92 Å². The summed E-state index contributed by atoms with van der Waals surface area (Å²) in [4.78, 5) is 6.87. The van der Waals surface area contributed by atoms with Crippen molar-refractivity contribution >= 4 is 0 Å². The Bertz CT molecular complexity index is 563. The zero-order chi connectivity index (χ0) is 13.9.